The van der Waals surface area contributed by atoms with Gasteiger partial charge in [-0.1, -0.05) is 12.1 Å². The van der Waals surface area contributed by atoms with E-state index in [4.69, 9.17) is 0 Å². The summed E-state index contributed by atoms with van der Waals surface area (Å²) in [4.78, 5) is 7.59. The summed E-state index contributed by atoms with van der Waals surface area (Å²) in [7, 11) is 1.58. The number of hydrogen-bond donors (Lipinski definition) is 2. The van der Waals surface area contributed by atoms with Crippen LogP contribution in [0.2, 0.25) is 0 Å². The highest BCUT2D eigenvalue weighted by Crippen LogP contribution is 2.29. The summed E-state index contributed by atoms with van der Waals surface area (Å²) in [5, 5.41) is 7.42. The molecule has 0 fully saturated rings. The third-order valence-electron chi connectivity index (χ3n) is 3.39. The van der Waals surface area contributed by atoms with Crippen molar-refractivity contribution < 1.29 is 17.6 Å². The third kappa shape index (κ3) is 6.71. The number of rotatable bonds is 5. The van der Waals surface area contributed by atoms with E-state index in [2.05, 4.69) is 20.6 Å². The van der Waals surface area contributed by atoms with Crippen molar-refractivity contribution in [3.05, 3.63) is 51.2 Å². The first-order chi connectivity index (χ1) is 11.8. The number of benzene rings is 1. The summed E-state index contributed by atoms with van der Waals surface area (Å²) >= 11 is 0.976. The average molecular weight is 502 g/mol. The van der Waals surface area contributed by atoms with Crippen molar-refractivity contribution in [2.75, 3.05) is 13.6 Å². The summed E-state index contributed by atoms with van der Waals surface area (Å²) in [6.45, 7) is 2.45. The van der Waals surface area contributed by atoms with E-state index in [0.717, 1.165) is 22.3 Å². The fourth-order valence-electron chi connectivity index (χ4n) is 2.00. The Kier molecular flexibility index (Phi) is 8.74. The van der Waals surface area contributed by atoms with Crippen molar-refractivity contribution in [2.45, 2.75) is 26.1 Å². The molecule has 2 aromatic rings. The Bertz CT molecular complexity index is 746. The molecule has 144 valence electrons. The van der Waals surface area contributed by atoms with E-state index in [1.165, 1.54) is 6.07 Å². The number of alkyl halides is 3. The number of thiazole rings is 1. The van der Waals surface area contributed by atoms with Crippen LogP contribution in [-0.2, 0) is 19.1 Å². The Morgan fingerprint density at radius 2 is 2.00 bits per heavy atom. The van der Waals surface area contributed by atoms with E-state index in [9.17, 15) is 17.6 Å². The predicted octanol–water partition coefficient (Wildman–Crippen LogP) is 4.14. The van der Waals surface area contributed by atoms with Gasteiger partial charge in [0.1, 0.15) is 5.82 Å². The van der Waals surface area contributed by atoms with Gasteiger partial charge in [0.25, 0.3) is 0 Å². The van der Waals surface area contributed by atoms with Crippen LogP contribution in [0.1, 0.15) is 21.8 Å². The molecule has 0 atom stereocenters. The molecule has 1 aromatic carbocycles. The Morgan fingerprint density at radius 1 is 1.27 bits per heavy atom. The van der Waals surface area contributed by atoms with Gasteiger partial charge in [-0.25, -0.2) is 9.37 Å². The Balaban J connectivity index is 0.00000338. The highest BCUT2D eigenvalue weighted by molar-refractivity contribution is 14.0. The van der Waals surface area contributed by atoms with Crippen molar-refractivity contribution in [3.63, 3.8) is 0 Å². The molecule has 1 aromatic heterocycles. The number of halogens is 5. The molecule has 0 aliphatic carbocycles. The summed E-state index contributed by atoms with van der Waals surface area (Å²) in [6.07, 6.45) is -4.07. The van der Waals surface area contributed by atoms with Crippen LogP contribution in [0, 0.1) is 12.7 Å². The van der Waals surface area contributed by atoms with Gasteiger partial charge in [0.05, 0.1) is 5.01 Å². The zero-order valence-corrected chi connectivity index (χ0v) is 17.3. The van der Waals surface area contributed by atoms with Gasteiger partial charge >= 0.3 is 6.18 Å². The molecular weight excluding hydrogens is 483 g/mol. The number of aromatic nitrogens is 1. The molecule has 0 aliphatic rings. The van der Waals surface area contributed by atoms with E-state index in [-0.39, 0.29) is 29.8 Å². The normalized spacial score (nSPS) is 11.8. The van der Waals surface area contributed by atoms with Crippen LogP contribution in [0.25, 0.3) is 0 Å². The first kappa shape index (κ1) is 22.6. The highest BCUT2D eigenvalue weighted by Gasteiger charge is 2.33. The van der Waals surface area contributed by atoms with E-state index in [1.807, 2.05) is 6.07 Å². The molecule has 0 bridgehead atoms. The maximum atomic E-state index is 13.5. The SMILES string of the molecule is CN=C(NCCc1nc(C(F)(F)F)cs1)NCc1ccc(C)c(F)c1.I. The molecule has 0 amide bonds. The second-order valence-electron chi connectivity index (χ2n) is 5.31. The van der Waals surface area contributed by atoms with E-state index >= 15 is 0 Å². The summed E-state index contributed by atoms with van der Waals surface area (Å²) in [6, 6.07) is 4.96. The number of aryl methyl sites for hydroxylation is 1. The number of nitrogens with zero attached hydrogens (tertiary/aromatic N) is 2. The fourth-order valence-corrected chi connectivity index (χ4v) is 2.80. The van der Waals surface area contributed by atoms with Gasteiger partial charge in [0, 0.05) is 31.9 Å². The van der Waals surface area contributed by atoms with Crippen molar-refractivity contribution in [1.29, 1.82) is 0 Å². The zero-order valence-electron chi connectivity index (χ0n) is 14.2. The zero-order chi connectivity index (χ0) is 18.4. The van der Waals surface area contributed by atoms with Crippen LogP contribution in [0.3, 0.4) is 0 Å². The molecule has 2 N–H and O–H groups in total. The largest absolute Gasteiger partial charge is 0.434 e. The molecule has 10 heteroatoms. The second-order valence-corrected chi connectivity index (χ2v) is 6.25. The van der Waals surface area contributed by atoms with E-state index < -0.39 is 11.9 Å². The van der Waals surface area contributed by atoms with Gasteiger partial charge in [-0.2, -0.15) is 13.2 Å². The van der Waals surface area contributed by atoms with Gasteiger partial charge in [0.15, 0.2) is 11.7 Å². The van der Waals surface area contributed by atoms with Crippen LogP contribution in [0.15, 0.2) is 28.6 Å². The van der Waals surface area contributed by atoms with Gasteiger partial charge in [-0.15, -0.1) is 35.3 Å². The van der Waals surface area contributed by atoms with Crippen LogP contribution >= 0.6 is 35.3 Å². The molecular formula is C16H19F4IN4S. The van der Waals surface area contributed by atoms with Gasteiger partial charge < -0.3 is 10.6 Å². The minimum absolute atomic E-state index is 0. The molecule has 0 saturated carbocycles. The van der Waals surface area contributed by atoms with E-state index in [0.29, 0.717) is 36.0 Å². The van der Waals surface area contributed by atoms with Crippen molar-refractivity contribution >= 4 is 41.3 Å². The van der Waals surface area contributed by atoms with Crippen molar-refractivity contribution in [1.82, 2.24) is 15.6 Å². The molecule has 1 heterocycles. The fraction of sp³-hybridized carbons (Fsp3) is 0.375. The maximum absolute atomic E-state index is 13.5. The topological polar surface area (TPSA) is 49.3 Å². The Labute approximate surface area is 170 Å². The van der Waals surface area contributed by atoms with Crippen LogP contribution in [0.4, 0.5) is 17.6 Å². The molecule has 0 aliphatic heterocycles. The first-order valence-electron chi connectivity index (χ1n) is 7.50. The summed E-state index contributed by atoms with van der Waals surface area (Å²) in [5.74, 6) is 0.208. The third-order valence-corrected chi connectivity index (χ3v) is 4.30. The minimum atomic E-state index is -4.41. The summed E-state index contributed by atoms with van der Waals surface area (Å²) < 4.78 is 51.0. The van der Waals surface area contributed by atoms with Crippen LogP contribution < -0.4 is 10.6 Å². The van der Waals surface area contributed by atoms with Gasteiger partial charge in [0.2, 0.25) is 0 Å². The molecule has 2 rings (SSSR count). The summed E-state index contributed by atoms with van der Waals surface area (Å²) in [5.41, 5.74) is 0.477. The first-order valence-corrected chi connectivity index (χ1v) is 8.38. The molecule has 0 radical (unpaired) electrons. The molecule has 0 saturated heterocycles. The van der Waals surface area contributed by atoms with Gasteiger partial charge in [-0.05, 0) is 24.1 Å². The second kappa shape index (κ2) is 10.0. The van der Waals surface area contributed by atoms with Crippen LogP contribution in [0.5, 0.6) is 0 Å². The van der Waals surface area contributed by atoms with Crippen LogP contribution in [-0.4, -0.2) is 24.5 Å². The van der Waals surface area contributed by atoms with Gasteiger partial charge in [-0.3, -0.25) is 4.99 Å². The quantitative estimate of drug-likeness (QED) is 0.280. The minimum Gasteiger partial charge on any atom is -0.356 e. The standard InChI is InChI=1S/C16H18F4N4S.HI/c1-10-3-4-11(7-12(10)17)8-23-15(21-2)22-6-5-14-24-13(9-25-14)16(18,19)20;/h3-4,7,9H,5-6,8H2,1-2H3,(H2,21,22,23);1H. The number of hydrogen-bond acceptors (Lipinski definition) is 3. The van der Waals surface area contributed by atoms with Crippen molar-refractivity contribution in [2.24, 2.45) is 4.99 Å². The molecule has 0 spiro atoms. The lowest BCUT2D eigenvalue weighted by Crippen LogP contribution is -2.37. The molecule has 26 heavy (non-hydrogen) atoms. The Morgan fingerprint density at radius 3 is 2.58 bits per heavy atom. The number of guanidine groups is 1. The molecule has 4 nitrogen and oxygen atoms in total. The lowest BCUT2D eigenvalue weighted by atomic mass is 10.1. The van der Waals surface area contributed by atoms with E-state index in [1.54, 1.807) is 20.0 Å². The lowest BCUT2D eigenvalue weighted by Gasteiger charge is -2.11. The molecule has 0 unspecified atom stereocenters. The number of nitrogens with one attached hydrogen (secondary N) is 2. The monoisotopic (exact) mass is 502 g/mol. The van der Waals surface area contributed by atoms with Crippen molar-refractivity contribution in [3.8, 4) is 0 Å². The Hall–Kier alpha value is -1.43. The average Bonchev–Trinajstić information content (AvgIpc) is 3.03. The maximum Gasteiger partial charge on any atom is 0.434 e. The predicted molar refractivity (Wildman–Crippen MR) is 106 cm³/mol. The highest BCUT2D eigenvalue weighted by atomic mass is 127. The lowest BCUT2D eigenvalue weighted by molar-refractivity contribution is -0.140. The number of aliphatic imine (C=N–C) groups is 1. The smallest absolute Gasteiger partial charge is 0.356 e.